The molecule has 2 aliphatic rings. The summed E-state index contributed by atoms with van der Waals surface area (Å²) >= 11 is 0. The van der Waals surface area contributed by atoms with E-state index in [4.69, 9.17) is 15.6 Å². The molecule has 0 aromatic carbocycles. The summed E-state index contributed by atoms with van der Waals surface area (Å²) in [6.45, 7) is -0.390. The van der Waals surface area contributed by atoms with Crippen molar-refractivity contribution in [3.8, 4) is 0 Å². The van der Waals surface area contributed by atoms with Crippen LogP contribution in [0.15, 0.2) is 24.0 Å². The Labute approximate surface area is 104 Å². The van der Waals surface area contributed by atoms with E-state index in [1.807, 2.05) is 0 Å². The Balaban J connectivity index is 2.15. The fraction of sp³-hybridized carbons (Fsp3) is 0.545. The van der Waals surface area contributed by atoms with Gasteiger partial charge in [0.1, 0.15) is 18.3 Å². The molecule has 1 fully saturated rings. The molecule has 2 aliphatic heterocycles. The Bertz CT molecular complexity index is 395. The second-order valence-corrected chi connectivity index (χ2v) is 4.28. The van der Waals surface area contributed by atoms with Gasteiger partial charge in [0.2, 0.25) is 5.91 Å². The van der Waals surface area contributed by atoms with Crippen molar-refractivity contribution >= 4 is 5.91 Å². The number of nitrogens with two attached hydrogens (primary N) is 1. The van der Waals surface area contributed by atoms with E-state index in [9.17, 15) is 15.0 Å². The standard InChI is InChI=1S/C11H16N2O5/c12-10(17)6-2-1-3-13(4-6)11-9(16)8(15)7(5-14)18-11/h1,3-4,7-9,11,14-16H,2,5H2,(H2,12,17)/t7-,8?,9+,11-/m1/s1. The minimum absolute atomic E-state index is 0.384. The van der Waals surface area contributed by atoms with Crippen molar-refractivity contribution in [3.05, 3.63) is 24.0 Å². The summed E-state index contributed by atoms with van der Waals surface area (Å²) < 4.78 is 5.33. The first-order valence-corrected chi connectivity index (χ1v) is 5.61. The highest BCUT2D eigenvalue weighted by Gasteiger charge is 2.44. The smallest absolute Gasteiger partial charge is 0.246 e. The molecular formula is C11H16N2O5. The summed E-state index contributed by atoms with van der Waals surface area (Å²) in [5.74, 6) is -0.545. The van der Waals surface area contributed by atoms with E-state index in [2.05, 4.69) is 0 Å². The second-order valence-electron chi connectivity index (χ2n) is 4.28. The molecule has 1 saturated heterocycles. The van der Waals surface area contributed by atoms with Gasteiger partial charge in [-0.25, -0.2) is 0 Å². The molecule has 0 aromatic rings. The average molecular weight is 256 g/mol. The topological polar surface area (TPSA) is 116 Å². The number of carbonyl (C=O) groups excluding carboxylic acids is 1. The first-order chi connectivity index (χ1) is 8.54. The van der Waals surface area contributed by atoms with Crippen molar-refractivity contribution in [2.24, 2.45) is 5.73 Å². The molecule has 0 spiro atoms. The van der Waals surface area contributed by atoms with E-state index < -0.39 is 37.1 Å². The summed E-state index contributed by atoms with van der Waals surface area (Å²) in [6, 6.07) is 0. The summed E-state index contributed by atoms with van der Waals surface area (Å²) in [5, 5.41) is 28.5. The normalized spacial score (nSPS) is 35.7. The third kappa shape index (κ3) is 2.25. The minimum atomic E-state index is -1.17. The number of primary amides is 1. The predicted molar refractivity (Wildman–Crippen MR) is 60.6 cm³/mol. The van der Waals surface area contributed by atoms with Gasteiger partial charge in [-0.2, -0.15) is 0 Å². The average Bonchev–Trinajstić information content (AvgIpc) is 2.66. The van der Waals surface area contributed by atoms with E-state index in [0.717, 1.165) is 0 Å². The van der Waals surface area contributed by atoms with Gasteiger partial charge in [-0.05, 0) is 6.42 Å². The van der Waals surface area contributed by atoms with Crippen LogP contribution < -0.4 is 5.73 Å². The third-order valence-electron chi connectivity index (χ3n) is 3.05. The first kappa shape index (κ1) is 13.0. The molecule has 100 valence electrons. The molecule has 0 saturated carbocycles. The number of nitrogens with zero attached hydrogens (tertiary/aromatic N) is 1. The van der Waals surface area contributed by atoms with Gasteiger partial charge in [-0.1, -0.05) is 6.08 Å². The molecule has 1 unspecified atom stereocenters. The molecule has 0 aromatic heterocycles. The minimum Gasteiger partial charge on any atom is -0.394 e. The molecule has 7 nitrogen and oxygen atoms in total. The van der Waals surface area contributed by atoms with E-state index in [1.54, 1.807) is 12.3 Å². The van der Waals surface area contributed by atoms with Crippen LogP contribution >= 0.6 is 0 Å². The Morgan fingerprint density at radius 3 is 2.78 bits per heavy atom. The zero-order valence-electron chi connectivity index (χ0n) is 9.64. The molecule has 7 heteroatoms. The van der Waals surface area contributed by atoms with Crippen molar-refractivity contribution in [1.29, 1.82) is 0 Å². The molecular weight excluding hydrogens is 240 g/mol. The molecule has 0 radical (unpaired) electrons. The summed E-state index contributed by atoms with van der Waals surface area (Å²) in [6.07, 6.45) is 1.20. The van der Waals surface area contributed by atoms with Gasteiger partial charge < -0.3 is 30.7 Å². The van der Waals surface area contributed by atoms with Gasteiger partial charge in [-0.3, -0.25) is 4.79 Å². The maximum atomic E-state index is 11.1. The van der Waals surface area contributed by atoms with Gasteiger partial charge >= 0.3 is 0 Å². The highest BCUT2D eigenvalue weighted by molar-refractivity contribution is 5.92. The van der Waals surface area contributed by atoms with E-state index in [0.29, 0.717) is 12.0 Å². The second kappa shape index (κ2) is 5.07. The third-order valence-corrected chi connectivity index (χ3v) is 3.05. The quantitative estimate of drug-likeness (QED) is 0.465. The summed E-state index contributed by atoms with van der Waals surface area (Å²) in [7, 11) is 0. The molecule has 2 heterocycles. The molecule has 18 heavy (non-hydrogen) atoms. The fourth-order valence-electron chi connectivity index (χ4n) is 2.03. The van der Waals surface area contributed by atoms with Gasteiger partial charge in [0.25, 0.3) is 0 Å². The monoisotopic (exact) mass is 256 g/mol. The van der Waals surface area contributed by atoms with Crippen molar-refractivity contribution in [1.82, 2.24) is 4.90 Å². The SMILES string of the molecule is NC(=O)C1=CN([C@@H]2O[C@H](CO)C(O)[C@@H]2O)C=CC1. The first-order valence-electron chi connectivity index (χ1n) is 5.61. The van der Waals surface area contributed by atoms with Crippen LogP contribution in [-0.4, -0.2) is 57.3 Å². The lowest BCUT2D eigenvalue weighted by Gasteiger charge is -2.28. The number of rotatable bonds is 3. The van der Waals surface area contributed by atoms with Crippen molar-refractivity contribution < 1.29 is 24.9 Å². The van der Waals surface area contributed by atoms with Crippen LogP contribution in [-0.2, 0) is 9.53 Å². The van der Waals surface area contributed by atoms with Gasteiger partial charge in [0.05, 0.1) is 6.61 Å². The highest BCUT2D eigenvalue weighted by atomic mass is 16.6. The van der Waals surface area contributed by atoms with Crippen molar-refractivity contribution in [2.75, 3.05) is 6.61 Å². The lowest BCUT2D eigenvalue weighted by Crippen LogP contribution is -2.40. The van der Waals surface area contributed by atoms with Crippen LogP contribution in [0.1, 0.15) is 6.42 Å². The summed E-state index contributed by atoms with van der Waals surface area (Å²) in [5.41, 5.74) is 5.57. The van der Waals surface area contributed by atoms with E-state index in [-0.39, 0.29) is 0 Å². The lowest BCUT2D eigenvalue weighted by molar-refractivity contribution is -0.114. The number of carbonyl (C=O) groups is 1. The fourth-order valence-corrected chi connectivity index (χ4v) is 2.03. The number of aliphatic hydroxyl groups is 3. The number of hydrogen-bond donors (Lipinski definition) is 4. The van der Waals surface area contributed by atoms with Crippen LogP contribution in [0.2, 0.25) is 0 Å². The Morgan fingerprint density at radius 2 is 2.22 bits per heavy atom. The molecule has 0 aliphatic carbocycles. The largest absolute Gasteiger partial charge is 0.394 e. The zero-order chi connectivity index (χ0) is 13.3. The van der Waals surface area contributed by atoms with E-state index >= 15 is 0 Å². The lowest BCUT2D eigenvalue weighted by atomic mass is 10.1. The number of hydrogen-bond acceptors (Lipinski definition) is 6. The number of ether oxygens (including phenoxy) is 1. The van der Waals surface area contributed by atoms with Crippen LogP contribution in [0.5, 0.6) is 0 Å². The number of amides is 1. The van der Waals surface area contributed by atoms with Crippen LogP contribution in [0.25, 0.3) is 0 Å². The molecule has 4 atom stereocenters. The Hall–Kier alpha value is -1.41. The summed E-state index contributed by atoms with van der Waals surface area (Å²) in [4.78, 5) is 12.5. The van der Waals surface area contributed by atoms with Gasteiger partial charge in [-0.15, -0.1) is 0 Å². The van der Waals surface area contributed by atoms with Crippen molar-refractivity contribution in [2.45, 2.75) is 31.0 Å². The molecule has 2 rings (SSSR count). The predicted octanol–water partition coefficient (Wildman–Crippen LogP) is -1.99. The molecule has 1 amide bonds. The van der Waals surface area contributed by atoms with E-state index in [1.165, 1.54) is 11.1 Å². The Morgan fingerprint density at radius 1 is 1.50 bits per heavy atom. The zero-order valence-corrected chi connectivity index (χ0v) is 9.64. The maximum Gasteiger partial charge on any atom is 0.246 e. The molecule has 5 N–H and O–H groups in total. The number of allylic oxidation sites excluding steroid dienone is 1. The Kier molecular flexibility index (Phi) is 3.67. The van der Waals surface area contributed by atoms with Crippen LogP contribution in [0.4, 0.5) is 0 Å². The van der Waals surface area contributed by atoms with Gasteiger partial charge in [0.15, 0.2) is 6.23 Å². The highest BCUT2D eigenvalue weighted by Crippen LogP contribution is 2.26. The van der Waals surface area contributed by atoms with Crippen molar-refractivity contribution in [3.63, 3.8) is 0 Å². The van der Waals surface area contributed by atoms with Crippen LogP contribution in [0, 0.1) is 0 Å². The van der Waals surface area contributed by atoms with Gasteiger partial charge in [0, 0.05) is 18.0 Å². The van der Waals surface area contributed by atoms with Crippen LogP contribution in [0.3, 0.4) is 0 Å². The molecule has 0 bridgehead atoms. The maximum absolute atomic E-state index is 11.1. The number of aliphatic hydroxyl groups excluding tert-OH is 3.